The average Bonchev–Trinajstić information content (AvgIpc) is 3.37. The first kappa shape index (κ1) is 27.2. The molecular weight excluding hydrogens is 488 g/mol. The molecule has 0 aliphatic carbocycles. The molecule has 0 fully saturated rings. The summed E-state index contributed by atoms with van der Waals surface area (Å²) in [7, 11) is -1.73. The first-order chi connectivity index (χ1) is 18.6. The Kier molecular flexibility index (Phi) is 7.41. The van der Waals surface area contributed by atoms with E-state index in [-0.39, 0.29) is 11.1 Å². The number of rotatable bonds is 8. The molecule has 1 heterocycles. The Bertz CT molecular complexity index is 1420. The van der Waals surface area contributed by atoms with E-state index in [1.54, 1.807) is 0 Å². The van der Waals surface area contributed by atoms with Crippen molar-refractivity contribution in [2.75, 3.05) is 0 Å². The summed E-state index contributed by atoms with van der Waals surface area (Å²) < 4.78 is 2.60. The zero-order valence-corrected chi connectivity index (χ0v) is 25.3. The van der Waals surface area contributed by atoms with Gasteiger partial charge in [-0.3, -0.25) is 5.32 Å². The highest BCUT2D eigenvalue weighted by atomic mass is 28.3. The van der Waals surface area contributed by atoms with E-state index in [1.165, 1.54) is 33.2 Å². The van der Waals surface area contributed by atoms with E-state index >= 15 is 0 Å². The van der Waals surface area contributed by atoms with Crippen LogP contribution in [0.3, 0.4) is 0 Å². The molecule has 0 amide bonds. The number of aromatic nitrogens is 1. The van der Waals surface area contributed by atoms with Crippen LogP contribution in [0.15, 0.2) is 121 Å². The van der Waals surface area contributed by atoms with Crippen LogP contribution in [0.1, 0.15) is 49.9 Å². The van der Waals surface area contributed by atoms with E-state index in [0.29, 0.717) is 0 Å². The fourth-order valence-corrected chi connectivity index (χ4v) is 7.70. The van der Waals surface area contributed by atoms with Crippen molar-refractivity contribution < 1.29 is 0 Å². The van der Waals surface area contributed by atoms with Crippen LogP contribution in [0, 0.1) is 0 Å². The molecule has 1 atom stereocenters. The summed E-state index contributed by atoms with van der Waals surface area (Å²) in [5, 5.41) is 5.74. The summed E-state index contributed by atoms with van der Waals surface area (Å²) in [6, 6.07) is 42.2. The lowest BCUT2D eigenvalue weighted by Crippen LogP contribution is -2.49. The topological polar surface area (TPSA) is 17.0 Å². The van der Waals surface area contributed by atoms with Crippen LogP contribution in [0.25, 0.3) is 10.9 Å². The highest BCUT2D eigenvalue weighted by molar-refractivity contribution is 6.79. The number of hydrogen-bond donors (Lipinski definition) is 1. The molecule has 0 saturated carbocycles. The Hall–Kier alpha value is -3.40. The first-order valence-corrected chi connectivity index (χ1v) is 17.1. The van der Waals surface area contributed by atoms with Crippen molar-refractivity contribution in [3.8, 4) is 0 Å². The Labute approximate surface area is 235 Å². The molecule has 2 nitrogen and oxygen atoms in total. The van der Waals surface area contributed by atoms with E-state index < -0.39 is 13.8 Å². The third-order valence-corrected chi connectivity index (χ3v) is 14.1. The van der Waals surface area contributed by atoms with Crippen LogP contribution in [-0.4, -0.2) is 18.5 Å². The normalized spacial score (nSPS) is 13.5. The molecule has 4 aromatic carbocycles. The van der Waals surface area contributed by atoms with Gasteiger partial charge >= 0.3 is 0 Å². The third kappa shape index (κ3) is 5.14. The quantitative estimate of drug-likeness (QED) is 0.156. The van der Waals surface area contributed by atoms with Crippen molar-refractivity contribution in [3.05, 3.63) is 144 Å². The standard InChI is InChI=1S/C36H42N2Si/c1-28(26-29-22-23-30-24-25-38(34(30)27-29)39(5,6)35(2,3)4)37-36(31-16-10-7-11-17-31,32-18-12-8-13-19-32)33-20-14-9-15-21-33/h7-25,27-28,37H,26H2,1-6H3. The highest BCUT2D eigenvalue weighted by Crippen LogP contribution is 2.40. The van der Waals surface area contributed by atoms with Crippen LogP contribution in [0.5, 0.6) is 0 Å². The largest absolute Gasteiger partial charge is 0.374 e. The number of hydrogen-bond acceptors (Lipinski definition) is 1. The molecule has 0 aliphatic heterocycles. The summed E-state index contributed by atoms with van der Waals surface area (Å²) in [5.41, 5.74) is 6.01. The van der Waals surface area contributed by atoms with Crippen molar-refractivity contribution in [2.45, 2.75) is 63.8 Å². The van der Waals surface area contributed by atoms with Crippen LogP contribution < -0.4 is 5.32 Å². The number of benzene rings is 4. The molecule has 0 bridgehead atoms. The summed E-state index contributed by atoms with van der Waals surface area (Å²) in [4.78, 5) is 0. The molecule has 0 radical (unpaired) electrons. The second kappa shape index (κ2) is 10.6. The summed E-state index contributed by atoms with van der Waals surface area (Å²) in [5.74, 6) is 0. The lowest BCUT2D eigenvalue weighted by atomic mass is 9.76. The van der Waals surface area contributed by atoms with Gasteiger partial charge in [0.15, 0.2) is 8.24 Å². The zero-order chi connectivity index (χ0) is 27.7. The molecule has 39 heavy (non-hydrogen) atoms. The van der Waals surface area contributed by atoms with Gasteiger partial charge < -0.3 is 4.23 Å². The van der Waals surface area contributed by atoms with Gasteiger partial charge in [-0.25, -0.2) is 0 Å². The zero-order valence-electron chi connectivity index (χ0n) is 24.3. The fourth-order valence-electron chi connectivity index (χ4n) is 5.74. The average molecular weight is 531 g/mol. The van der Waals surface area contributed by atoms with Crippen LogP contribution in [0.4, 0.5) is 0 Å². The fraction of sp³-hybridized carbons (Fsp3) is 0.278. The molecule has 1 unspecified atom stereocenters. The van der Waals surface area contributed by atoms with Gasteiger partial charge in [-0.05, 0) is 64.4 Å². The van der Waals surface area contributed by atoms with Gasteiger partial charge in [0.05, 0.1) is 5.54 Å². The van der Waals surface area contributed by atoms with Crippen molar-refractivity contribution in [1.82, 2.24) is 9.55 Å². The molecule has 0 spiro atoms. The predicted octanol–water partition coefficient (Wildman–Crippen LogP) is 9.01. The van der Waals surface area contributed by atoms with Crippen LogP contribution in [0.2, 0.25) is 18.1 Å². The molecule has 200 valence electrons. The lowest BCUT2D eigenvalue weighted by molar-refractivity contribution is 0.405. The van der Waals surface area contributed by atoms with E-state index in [1.807, 2.05) is 0 Å². The molecule has 0 saturated heterocycles. The Morgan fingerprint density at radius 1 is 0.692 bits per heavy atom. The Balaban J connectivity index is 1.55. The van der Waals surface area contributed by atoms with Gasteiger partial charge in [-0.15, -0.1) is 0 Å². The van der Waals surface area contributed by atoms with Gasteiger partial charge in [-0.1, -0.05) is 137 Å². The van der Waals surface area contributed by atoms with E-state index in [4.69, 9.17) is 0 Å². The van der Waals surface area contributed by atoms with Crippen molar-refractivity contribution in [3.63, 3.8) is 0 Å². The van der Waals surface area contributed by atoms with Crippen LogP contribution >= 0.6 is 0 Å². The Morgan fingerprint density at radius 3 is 1.64 bits per heavy atom. The molecule has 1 N–H and O–H groups in total. The third-order valence-electron chi connectivity index (χ3n) is 8.82. The highest BCUT2D eigenvalue weighted by Gasteiger charge is 2.39. The van der Waals surface area contributed by atoms with Crippen molar-refractivity contribution in [1.29, 1.82) is 0 Å². The minimum absolute atomic E-state index is 0.222. The molecule has 5 rings (SSSR count). The van der Waals surface area contributed by atoms with Gasteiger partial charge in [0.1, 0.15) is 0 Å². The van der Waals surface area contributed by atoms with Crippen molar-refractivity contribution in [2.24, 2.45) is 0 Å². The van der Waals surface area contributed by atoms with E-state index in [0.717, 1.165) is 6.42 Å². The van der Waals surface area contributed by atoms with E-state index in [9.17, 15) is 0 Å². The summed E-state index contributed by atoms with van der Waals surface area (Å²) in [6.45, 7) is 14.4. The molecule has 1 aromatic heterocycles. The second-order valence-electron chi connectivity index (χ2n) is 12.5. The van der Waals surface area contributed by atoms with Gasteiger partial charge in [-0.2, -0.15) is 0 Å². The maximum atomic E-state index is 4.14. The monoisotopic (exact) mass is 530 g/mol. The summed E-state index contributed by atoms with van der Waals surface area (Å²) in [6.07, 6.45) is 3.26. The van der Waals surface area contributed by atoms with Gasteiger partial charge in [0.25, 0.3) is 0 Å². The van der Waals surface area contributed by atoms with Crippen LogP contribution in [-0.2, 0) is 12.0 Å². The maximum Gasteiger partial charge on any atom is 0.161 e. The van der Waals surface area contributed by atoms with Crippen molar-refractivity contribution >= 4 is 19.1 Å². The minimum Gasteiger partial charge on any atom is -0.374 e. The second-order valence-corrected chi connectivity index (χ2v) is 17.6. The predicted molar refractivity (Wildman–Crippen MR) is 170 cm³/mol. The minimum atomic E-state index is -1.73. The van der Waals surface area contributed by atoms with Gasteiger partial charge in [0, 0.05) is 11.6 Å². The number of fused-ring (bicyclic) bond motifs is 1. The molecule has 5 aromatic rings. The van der Waals surface area contributed by atoms with E-state index in [2.05, 4.69) is 172 Å². The molecule has 3 heteroatoms. The summed E-state index contributed by atoms with van der Waals surface area (Å²) >= 11 is 0. The maximum absolute atomic E-state index is 4.14. The van der Waals surface area contributed by atoms with Gasteiger partial charge in [0.2, 0.25) is 0 Å². The smallest absolute Gasteiger partial charge is 0.161 e. The SMILES string of the molecule is CC(Cc1ccc2ccn([Si](C)(C)C(C)(C)C)c2c1)NC(c1ccccc1)(c1ccccc1)c1ccccc1. The number of nitrogens with one attached hydrogen (secondary N) is 1. The Morgan fingerprint density at radius 2 is 1.18 bits per heavy atom. The lowest BCUT2D eigenvalue weighted by Gasteiger charge is -2.39. The molecular formula is C36H42N2Si. The first-order valence-electron chi connectivity index (χ1n) is 14.2. The molecule has 0 aliphatic rings. The number of nitrogens with zero attached hydrogens (tertiary/aromatic N) is 1.